The van der Waals surface area contributed by atoms with Gasteiger partial charge in [-0.05, 0) is 78.8 Å². The molecule has 30 nitrogen and oxygen atoms in total. The highest BCUT2D eigenvalue weighted by molar-refractivity contribution is 6.90. The second kappa shape index (κ2) is 43.6. The molecule has 0 saturated carbocycles. The number of aliphatic carboxylic acids is 8. The Hall–Kier alpha value is -7.81. The van der Waals surface area contributed by atoms with E-state index in [0.717, 1.165) is 0 Å². The van der Waals surface area contributed by atoms with Gasteiger partial charge in [-0.3, -0.25) is 86.7 Å². The molecule has 552 valence electrons. The number of nitrogens with zero attached hydrogens (tertiary/aromatic N) is 4. The van der Waals surface area contributed by atoms with Crippen molar-refractivity contribution in [3.05, 3.63) is 29.8 Å². The molecule has 1 aromatic rings. The van der Waals surface area contributed by atoms with Gasteiger partial charge in [0.2, 0.25) is 17.7 Å². The van der Waals surface area contributed by atoms with Gasteiger partial charge in [0.15, 0.2) is 5.78 Å². The minimum absolute atomic E-state index is 0.0198. The third-order valence-corrected chi connectivity index (χ3v) is 22.7. The van der Waals surface area contributed by atoms with Gasteiger partial charge in [-0.2, -0.15) is 0 Å². The fourth-order valence-corrected chi connectivity index (χ4v) is 16.7. The number of nitrogens with one attached hydrogen (secondary N) is 4. The fraction of sp³-hybridized carbons (Fsp3) is 0.697. The predicted molar refractivity (Wildman–Crippen MR) is 357 cm³/mol. The summed E-state index contributed by atoms with van der Waals surface area (Å²) in [5.41, 5.74) is 0.0947. The second-order valence-electron chi connectivity index (χ2n) is 27.3. The van der Waals surface area contributed by atoms with E-state index in [9.17, 15) is 103 Å². The van der Waals surface area contributed by atoms with E-state index in [4.69, 9.17) is 5.11 Å². The molecule has 1 aromatic carbocycles. The molecule has 2 rings (SSSR count). The highest BCUT2D eigenvalue weighted by Gasteiger charge is 2.56. The molecule has 1 aliphatic heterocycles. The van der Waals surface area contributed by atoms with Crippen molar-refractivity contribution in [1.82, 2.24) is 40.9 Å². The summed E-state index contributed by atoms with van der Waals surface area (Å²) in [6, 6.07) is 3.05. The molecule has 32 heteroatoms. The van der Waals surface area contributed by atoms with E-state index in [1.807, 2.05) is 41.5 Å². The van der Waals surface area contributed by atoms with Gasteiger partial charge < -0.3 is 66.2 Å². The third kappa shape index (κ3) is 33.2. The molecule has 5 atom stereocenters. The van der Waals surface area contributed by atoms with Crippen molar-refractivity contribution in [2.75, 3.05) is 91.6 Å². The zero-order valence-corrected chi connectivity index (χ0v) is 58.5. The van der Waals surface area contributed by atoms with Crippen LogP contribution in [0.25, 0.3) is 0 Å². The zero-order valence-electron chi connectivity index (χ0n) is 57.5. The molecular weight excluding hydrogens is 1300 g/mol. The molecule has 1 heterocycles. The Kier molecular flexibility index (Phi) is 38.3. The maximum absolute atomic E-state index is 17.1. The van der Waals surface area contributed by atoms with Crippen LogP contribution in [0.2, 0.25) is 10.1 Å². The monoisotopic (exact) mass is 1410 g/mol. The Labute approximate surface area is 572 Å². The number of amides is 4. The Morgan fingerprint density at radius 2 is 0.857 bits per heavy atom. The lowest BCUT2D eigenvalue weighted by molar-refractivity contribution is -0.146. The molecule has 0 aliphatic carbocycles. The summed E-state index contributed by atoms with van der Waals surface area (Å²) in [5, 5.41) is 87.3. The highest BCUT2D eigenvalue weighted by atomic mass is 28.4. The van der Waals surface area contributed by atoms with Crippen LogP contribution in [0.15, 0.2) is 24.3 Å². The first-order chi connectivity index (χ1) is 45.8. The quantitative estimate of drug-likeness (QED) is 0.0252. The first kappa shape index (κ1) is 86.3. The number of unbranched alkanes of at least 4 members (excludes halogenated alkanes) is 5. The number of halogens is 1. The largest absolute Gasteiger partial charge is 0.481 e. The van der Waals surface area contributed by atoms with Gasteiger partial charge in [-0.25, -0.2) is 0 Å². The molecule has 98 heavy (non-hydrogen) atoms. The standard InChI is InChI=1S/C66H105FN8O22Si/c1-65(2,3)98(67,66(4,5)6)49-22-19-44(20-23-49)60(89)70-40-50(71-55(80)25-24-51(64(96)97)75-35-33-73(42-58(85)86)31-29-72(41-57(83)84)30-32-74(34-36-75)43-59(87)88)52(77)39-46(62(92)93)16-12-14-28-69-54(79)18-10-8-7-9-17-53(78)68-27-13-11-15-45(61(90)91)37-48(76)38-47(63(94)95)21-26-56(81)82/h19-20,22-23,45-47,50-51H,7-18,21,24-43H2,1-6H3,(H,68,78)(H,69,79)(H,70,89)(H,71,80)(H,81,82)(H,83,84)(H,85,86)(H,87,88)(H,90,91)(H,92,93)(H,94,95)(H,96,97)/t45-,46-,47-,50-,51+/m1/s1. The maximum atomic E-state index is 17.1. The number of rotatable bonds is 46. The van der Waals surface area contributed by atoms with E-state index in [0.29, 0.717) is 50.1 Å². The van der Waals surface area contributed by atoms with E-state index in [-0.39, 0.29) is 128 Å². The summed E-state index contributed by atoms with van der Waals surface area (Å²) < 4.78 is 17.1. The van der Waals surface area contributed by atoms with E-state index in [2.05, 4.69) is 21.3 Å². The summed E-state index contributed by atoms with van der Waals surface area (Å²) in [6.07, 6.45) is 1.12. The van der Waals surface area contributed by atoms with E-state index < -0.39 is 178 Å². The van der Waals surface area contributed by atoms with Gasteiger partial charge in [0.05, 0.1) is 37.4 Å². The Morgan fingerprint density at radius 3 is 1.24 bits per heavy atom. The van der Waals surface area contributed by atoms with Gasteiger partial charge in [0.25, 0.3) is 14.3 Å². The van der Waals surface area contributed by atoms with Crippen molar-refractivity contribution in [3.63, 3.8) is 0 Å². The second-order valence-corrected chi connectivity index (χ2v) is 32.2. The summed E-state index contributed by atoms with van der Waals surface area (Å²) >= 11 is 0. The van der Waals surface area contributed by atoms with Crippen LogP contribution >= 0.6 is 0 Å². The number of carboxylic acid groups (broad SMARTS) is 8. The van der Waals surface area contributed by atoms with Crippen LogP contribution in [-0.2, 0) is 62.3 Å². The average Bonchev–Trinajstić information content (AvgIpc) is 0.749. The lowest BCUT2D eigenvalue weighted by Gasteiger charge is -2.44. The number of Topliss-reactive ketones (excluding diaryl/α,β-unsaturated/α-hetero) is 2. The fourth-order valence-electron chi connectivity index (χ4n) is 12.1. The first-order valence-electron chi connectivity index (χ1n) is 33.5. The topological polar surface area (TPSA) is 462 Å². The SMILES string of the molecule is CC(C)(C)[Si](F)(c1ccc(C(=O)NC[C@@H](NC(=O)CC[C@@H](C(=O)O)N2CCN(CC(=O)O)CCN(CC(=O)O)CCN(CC(=O)O)CC2)C(=O)C[C@@H](CCCCNC(=O)CCCCCCC(=O)NCCCC[C@H](CC(=O)C[C@@H](CCC(=O)O)C(=O)O)C(=O)O)C(=O)O)cc1)C(C)(C)C. The van der Waals surface area contributed by atoms with Crippen molar-refractivity contribution < 1.29 is 112 Å². The number of carbonyl (C=O) groups excluding carboxylic acids is 6. The molecule has 0 unspecified atom stereocenters. The number of carboxylic acids is 8. The highest BCUT2D eigenvalue weighted by Crippen LogP contribution is 2.51. The van der Waals surface area contributed by atoms with Crippen molar-refractivity contribution in [2.24, 2.45) is 17.8 Å². The van der Waals surface area contributed by atoms with Gasteiger partial charge >= 0.3 is 47.8 Å². The zero-order chi connectivity index (χ0) is 73.9. The lowest BCUT2D eigenvalue weighted by atomic mass is 9.90. The number of ketones is 2. The predicted octanol–water partition coefficient (Wildman–Crippen LogP) is 3.52. The van der Waals surface area contributed by atoms with Crippen LogP contribution in [0.3, 0.4) is 0 Å². The Bertz CT molecular complexity index is 2810. The van der Waals surface area contributed by atoms with Crippen LogP contribution in [0, 0.1) is 17.8 Å². The molecule has 0 aromatic heterocycles. The molecule has 1 aliphatic rings. The molecule has 0 radical (unpaired) electrons. The van der Waals surface area contributed by atoms with E-state index >= 15 is 4.11 Å². The van der Waals surface area contributed by atoms with Gasteiger partial charge in [0, 0.05) is 123 Å². The smallest absolute Gasteiger partial charge is 0.320 e. The number of hydrogen-bond acceptors (Lipinski definition) is 18. The van der Waals surface area contributed by atoms with Gasteiger partial charge in [0.1, 0.15) is 17.9 Å². The minimum Gasteiger partial charge on any atom is -0.481 e. The lowest BCUT2D eigenvalue weighted by Crippen LogP contribution is -2.57. The average molecular weight is 1410 g/mol. The van der Waals surface area contributed by atoms with Crippen LogP contribution in [-0.4, -0.2) is 256 Å². The molecule has 1 fully saturated rings. The van der Waals surface area contributed by atoms with Gasteiger partial charge in [-0.1, -0.05) is 79.4 Å². The molecule has 1 saturated heterocycles. The van der Waals surface area contributed by atoms with Crippen LogP contribution < -0.4 is 26.5 Å². The van der Waals surface area contributed by atoms with Crippen molar-refractivity contribution in [1.29, 1.82) is 0 Å². The normalized spacial score (nSPS) is 15.7. The Morgan fingerprint density at radius 1 is 0.449 bits per heavy atom. The van der Waals surface area contributed by atoms with Gasteiger partial charge in [-0.15, -0.1) is 0 Å². The Balaban J connectivity index is 2.09. The summed E-state index contributed by atoms with van der Waals surface area (Å²) in [7, 11) is -3.73. The molecular formula is C66H105FN8O22Si. The molecule has 4 amide bonds. The third-order valence-electron chi connectivity index (χ3n) is 17.4. The summed E-state index contributed by atoms with van der Waals surface area (Å²) in [6.45, 7) is 9.63. The molecule has 0 spiro atoms. The van der Waals surface area contributed by atoms with Crippen LogP contribution in [0.5, 0.6) is 0 Å². The van der Waals surface area contributed by atoms with Crippen LogP contribution in [0.1, 0.15) is 174 Å². The summed E-state index contributed by atoms with van der Waals surface area (Å²) in [5.74, 6) is -17.0. The molecule has 0 bridgehead atoms. The van der Waals surface area contributed by atoms with Crippen molar-refractivity contribution in [3.8, 4) is 0 Å². The maximum Gasteiger partial charge on any atom is 0.320 e. The van der Waals surface area contributed by atoms with Crippen LogP contribution in [0.4, 0.5) is 4.11 Å². The summed E-state index contributed by atoms with van der Waals surface area (Å²) in [4.78, 5) is 180. The van der Waals surface area contributed by atoms with E-state index in [1.54, 1.807) is 17.0 Å². The van der Waals surface area contributed by atoms with Crippen molar-refractivity contribution >= 4 is 96.5 Å². The number of hydrogen-bond donors (Lipinski definition) is 12. The molecule has 12 N–H and O–H groups in total. The number of benzene rings is 1. The minimum atomic E-state index is -3.73. The van der Waals surface area contributed by atoms with E-state index in [1.165, 1.54) is 26.8 Å². The number of carbonyl (C=O) groups is 14. The van der Waals surface area contributed by atoms with Crippen molar-refractivity contribution in [2.45, 2.75) is 186 Å². The first-order valence-corrected chi connectivity index (χ1v) is 35.4.